The van der Waals surface area contributed by atoms with Crippen LogP contribution in [0.25, 0.3) is 5.76 Å². The zero-order valence-corrected chi connectivity index (χ0v) is 10.4. The number of alkyl halides is 3. The molecule has 0 N–H and O–H groups in total. The van der Waals surface area contributed by atoms with Crippen LogP contribution in [0.15, 0.2) is 35.2 Å². The van der Waals surface area contributed by atoms with Crippen molar-refractivity contribution in [1.82, 2.24) is 0 Å². The Hall–Kier alpha value is -1.15. The number of halogens is 3. The smallest absolute Gasteiger partial charge is 0.376 e. The van der Waals surface area contributed by atoms with Crippen LogP contribution in [0, 0.1) is 0 Å². The standard InChI is InChI=1S/C10H7F3O3S2/c11-10(12,13)18(14,15)16-8-5-6-17-9-4-2-1-3-7(8)9/h1-5H,6H2. The molecule has 1 aliphatic heterocycles. The predicted octanol–water partition coefficient (Wildman–Crippen LogP) is 3.00. The molecule has 1 aliphatic rings. The molecule has 0 atom stereocenters. The van der Waals surface area contributed by atoms with Gasteiger partial charge in [0, 0.05) is 16.2 Å². The van der Waals surface area contributed by atoms with Gasteiger partial charge in [-0.05, 0) is 12.1 Å². The number of thioether (sulfide) groups is 1. The molecule has 3 nitrogen and oxygen atoms in total. The second-order valence-corrected chi connectivity index (χ2v) is 5.96. The van der Waals surface area contributed by atoms with E-state index >= 15 is 0 Å². The minimum absolute atomic E-state index is 0.276. The summed E-state index contributed by atoms with van der Waals surface area (Å²) in [5, 5.41) is 0. The predicted molar refractivity (Wildman–Crippen MR) is 61.2 cm³/mol. The van der Waals surface area contributed by atoms with Crippen LogP contribution in [0.3, 0.4) is 0 Å². The molecular weight excluding hydrogens is 289 g/mol. The van der Waals surface area contributed by atoms with Crippen molar-refractivity contribution in [3.63, 3.8) is 0 Å². The monoisotopic (exact) mass is 296 g/mol. The van der Waals surface area contributed by atoms with E-state index in [1.807, 2.05) is 0 Å². The van der Waals surface area contributed by atoms with E-state index in [9.17, 15) is 21.6 Å². The van der Waals surface area contributed by atoms with E-state index in [4.69, 9.17) is 0 Å². The van der Waals surface area contributed by atoms with Crippen molar-refractivity contribution < 1.29 is 25.8 Å². The summed E-state index contributed by atoms with van der Waals surface area (Å²) in [6.45, 7) is 0. The van der Waals surface area contributed by atoms with Crippen LogP contribution in [0.2, 0.25) is 0 Å². The Kier molecular flexibility index (Phi) is 3.33. The number of fused-ring (bicyclic) bond motifs is 1. The van der Waals surface area contributed by atoms with Gasteiger partial charge in [0.05, 0.1) is 0 Å². The average Bonchev–Trinajstić information content (AvgIpc) is 2.27. The molecule has 0 saturated carbocycles. The summed E-state index contributed by atoms with van der Waals surface area (Å²) in [4.78, 5) is 0.687. The van der Waals surface area contributed by atoms with Crippen LogP contribution < -0.4 is 0 Å². The Labute approximate surface area is 106 Å². The summed E-state index contributed by atoms with van der Waals surface area (Å²) in [6, 6.07) is 6.52. The fourth-order valence-corrected chi connectivity index (χ4v) is 2.76. The maximum absolute atomic E-state index is 12.2. The molecule has 1 aromatic rings. The number of benzene rings is 1. The van der Waals surface area contributed by atoms with Gasteiger partial charge in [0.1, 0.15) is 5.76 Å². The Morgan fingerprint density at radius 1 is 1.22 bits per heavy atom. The van der Waals surface area contributed by atoms with Gasteiger partial charge in [-0.2, -0.15) is 21.6 Å². The van der Waals surface area contributed by atoms with Crippen molar-refractivity contribution in [1.29, 1.82) is 0 Å². The van der Waals surface area contributed by atoms with E-state index in [-0.39, 0.29) is 5.76 Å². The highest BCUT2D eigenvalue weighted by Gasteiger charge is 2.49. The summed E-state index contributed by atoms with van der Waals surface area (Å²) in [6.07, 6.45) is 1.32. The minimum Gasteiger partial charge on any atom is -0.376 e. The van der Waals surface area contributed by atoms with Gasteiger partial charge in [-0.1, -0.05) is 18.2 Å². The van der Waals surface area contributed by atoms with E-state index in [1.54, 1.807) is 18.2 Å². The van der Waals surface area contributed by atoms with Crippen molar-refractivity contribution in [2.75, 3.05) is 5.75 Å². The van der Waals surface area contributed by atoms with E-state index in [0.717, 1.165) is 0 Å². The van der Waals surface area contributed by atoms with Gasteiger partial charge in [-0.25, -0.2) is 0 Å². The fourth-order valence-electron chi connectivity index (χ4n) is 1.36. The Balaban J connectivity index is 2.35. The van der Waals surface area contributed by atoms with Crippen LogP contribution in [-0.2, 0) is 14.3 Å². The first kappa shape index (κ1) is 13.3. The molecule has 1 aromatic carbocycles. The first-order valence-corrected chi connectivity index (χ1v) is 7.14. The molecule has 0 saturated heterocycles. The molecular formula is C10H7F3O3S2. The normalized spacial score (nSPS) is 15.8. The van der Waals surface area contributed by atoms with Crippen LogP contribution >= 0.6 is 11.8 Å². The third kappa shape index (κ3) is 2.49. The van der Waals surface area contributed by atoms with Crippen molar-refractivity contribution in [2.24, 2.45) is 0 Å². The number of rotatable bonds is 2. The quantitative estimate of drug-likeness (QED) is 0.621. The summed E-state index contributed by atoms with van der Waals surface area (Å²) in [7, 11) is -5.62. The molecule has 0 unspecified atom stereocenters. The molecule has 1 heterocycles. The zero-order valence-electron chi connectivity index (χ0n) is 8.77. The van der Waals surface area contributed by atoms with Gasteiger partial charge < -0.3 is 4.18 Å². The molecule has 0 aromatic heterocycles. The average molecular weight is 296 g/mol. The first-order chi connectivity index (χ1) is 8.31. The summed E-state index contributed by atoms with van der Waals surface area (Å²) in [5.74, 6) is 0.0846. The van der Waals surface area contributed by atoms with E-state index in [1.165, 1.54) is 23.9 Å². The van der Waals surface area contributed by atoms with Crippen LogP contribution in [0.4, 0.5) is 13.2 Å². The van der Waals surface area contributed by atoms with E-state index in [2.05, 4.69) is 4.18 Å². The lowest BCUT2D eigenvalue weighted by molar-refractivity contribution is -0.0509. The van der Waals surface area contributed by atoms with Crippen LogP contribution in [0.1, 0.15) is 5.56 Å². The van der Waals surface area contributed by atoms with E-state index < -0.39 is 15.6 Å². The lowest BCUT2D eigenvalue weighted by Crippen LogP contribution is -2.25. The molecule has 0 fully saturated rings. The van der Waals surface area contributed by atoms with Gasteiger partial charge >= 0.3 is 15.6 Å². The second kappa shape index (κ2) is 4.51. The lowest BCUT2D eigenvalue weighted by Gasteiger charge is -2.18. The van der Waals surface area contributed by atoms with Crippen LogP contribution in [0.5, 0.6) is 0 Å². The minimum atomic E-state index is -5.62. The molecule has 98 valence electrons. The molecule has 0 bridgehead atoms. The first-order valence-electron chi connectivity index (χ1n) is 4.74. The van der Waals surface area contributed by atoms with Gasteiger partial charge in [-0.15, -0.1) is 11.8 Å². The van der Waals surface area contributed by atoms with Crippen molar-refractivity contribution in [2.45, 2.75) is 10.4 Å². The summed E-state index contributed by atoms with van der Waals surface area (Å²) >= 11 is 1.39. The maximum Gasteiger partial charge on any atom is 0.534 e. The highest BCUT2D eigenvalue weighted by Crippen LogP contribution is 2.37. The molecule has 0 aliphatic carbocycles. The molecule has 8 heteroatoms. The van der Waals surface area contributed by atoms with Gasteiger partial charge in [-0.3, -0.25) is 0 Å². The maximum atomic E-state index is 12.2. The largest absolute Gasteiger partial charge is 0.534 e. The molecule has 18 heavy (non-hydrogen) atoms. The highest BCUT2D eigenvalue weighted by atomic mass is 32.2. The molecule has 2 rings (SSSR count). The summed E-state index contributed by atoms with van der Waals surface area (Å²) in [5.41, 5.74) is -5.07. The molecule has 0 spiro atoms. The third-order valence-corrected chi connectivity index (χ3v) is 4.11. The van der Waals surface area contributed by atoms with Gasteiger partial charge in [0.15, 0.2) is 0 Å². The molecule has 0 amide bonds. The zero-order chi connectivity index (χ0) is 13.4. The Morgan fingerprint density at radius 3 is 2.56 bits per heavy atom. The van der Waals surface area contributed by atoms with E-state index in [0.29, 0.717) is 16.2 Å². The highest BCUT2D eigenvalue weighted by molar-refractivity contribution is 7.99. The second-order valence-electron chi connectivity index (χ2n) is 3.36. The SMILES string of the molecule is O=S(=O)(OC1=CCSc2ccccc21)C(F)(F)F. The van der Waals surface area contributed by atoms with Gasteiger partial charge in [0.25, 0.3) is 0 Å². The number of hydrogen-bond donors (Lipinski definition) is 0. The Morgan fingerprint density at radius 2 is 1.89 bits per heavy atom. The Bertz CT molecular complexity index is 591. The van der Waals surface area contributed by atoms with Crippen molar-refractivity contribution >= 4 is 27.6 Å². The van der Waals surface area contributed by atoms with Crippen molar-refractivity contribution in [3.05, 3.63) is 35.9 Å². The third-order valence-electron chi connectivity index (χ3n) is 2.14. The van der Waals surface area contributed by atoms with Crippen LogP contribution in [-0.4, -0.2) is 19.7 Å². The molecule has 0 radical (unpaired) electrons. The fraction of sp³-hybridized carbons (Fsp3) is 0.200. The topological polar surface area (TPSA) is 43.4 Å². The lowest BCUT2D eigenvalue weighted by atomic mass is 10.2. The summed E-state index contributed by atoms with van der Waals surface area (Å²) < 4.78 is 62.7. The van der Waals surface area contributed by atoms with Gasteiger partial charge in [0.2, 0.25) is 0 Å². The number of hydrogen-bond acceptors (Lipinski definition) is 4. The van der Waals surface area contributed by atoms with Crippen molar-refractivity contribution in [3.8, 4) is 0 Å².